The van der Waals surface area contributed by atoms with Crippen LogP contribution in [0.15, 0.2) is 18.2 Å². The van der Waals surface area contributed by atoms with Crippen LogP contribution in [0.1, 0.15) is 40.0 Å². The third-order valence-electron chi connectivity index (χ3n) is 3.68. The van der Waals surface area contributed by atoms with Gasteiger partial charge >= 0.3 is 5.69 Å². The van der Waals surface area contributed by atoms with E-state index in [0.29, 0.717) is 5.69 Å². The van der Waals surface area contributed by atoms with Gasteiger partial charge in [-0.2, -0.15) is 0 Å². The average molecular weight is 251 g/mol. The molecule has 0 spiro atoms. The van der Waals surface area contributed by atoms with E-state index in [4.69, 9.17) is 5.73 Å². The third kappa shape index (κ3) is 2.72. The van der Waals surface area contributed by atoms with E-state index < -0.39 is 4.92 Å². The predicted molar refractivity (Wildman–Crippen MR) is 74.7 cm³/mol. The maximum atomic E-state index is 11.1. The van der Waals surface area contributed by atoms with Gasteiger partial charge in [-0.15, -0.1) is 0 Å². The Hall–Kier alpha value is -1.78. The van der Waals surface area contributed by atoms with Crippen LogP contribution in [-0.4, -0.2) is 10.5 Å². The third-order valence-corrected chi connectivity index (χ3v) is 3.68. The highest BCUT2D eigenvalue weighted by molar-refractivity contribution is 5.74. The summed E-state index contributed by atoms with van der Waals surface area (Å²) in [5.41, 5.74) is 6.24. The molecule has 3 N–H and O–H groups in total. The summed E-state index contributed by atoms with van der Waals surface area (Å²) in [4.78, 5) is 10.7. The average Bonchev–Trinajstić information content (AvgIpc) is 2.35. The Morgan fingerprint density at radius 2 is 1.83 bits per heavy atom. The molecule has 1 rings (SSSR count). The first-order valence-corrected chi connectivity index (χ1v) is 6.30. The highest BCUT2D eigenvalue weighted by atomic mass is 16.6. The molecule has 0 radical (unpaired) electrons. The van der Waals surface area contributed by atoms with Crippen LogP contribution in [0.3, 0.4) is 0 Å². The van der Waals surface area contributed by atoms with Gasteiger partial charge in [0, 0.05) is 5.54 Å². The molecule has 18 heavy (non-hydrogen) atoms. The lowest BCUT2D eigenvalue weighted by molar-refractivity contribution is -0.383. The Kier molecular flexibility index (Phi) is 4.53. The van der Waals surface area contributed by atoms with Crippen LogP contribution >= 0.6 is 0 Å². The molecular weight excluding hydrogens is 230 g/mol. The summed E-state index contributed by atoms with van der Waals surface area (Å²) >= 11 is 0. The second-order valence-corrected chi connectivity index (χ2v) is 4.47. The Morgan fingerprint density at radius 3 is 2.28 bits per heavy atom. The topological polar surface area (TPSA) is 81.2 Å². The summed E-state index contributed by atoms with van der Waals surface area (Å²) in [6.45, 7) is 6.24. The number of nitrogen functional groups attached to an aromatic ring is 1. The predicted octanol–water partition coefficient (Wildman–Crippen LogP) is 3.56. The van der Waals surface area contributed by atoms with Gasteiger partial charge < -0.3 is 11.1 Å². The molecule has 0 saturated heterocycles. The minimum atomic E-state index is -0.427. The van der Waals surface area contributed by atoms with Crippen molar-refractivity contribution < 1.29 is 4.92 Å². The first-order chi connectivity index (χ1) is 8.49. The summed E-state index contributed by atoms with van der Waals surface area (Å²) in [5.74, 6) is 0. The smallest absolute Gasteiger partial charge is 0.314 e. The van der Waals surface area contributed by atoms with Gasteiger partial charge in [-0.25, -0.2) is 0 Å². The Labute approximate surface area is 108 Å². The molecule has 0 amide bonds. The zero-order chi connectivity index (χ0) is 13.8. The molecule has 0 aliphatic carbocycles. The van der Waals surface area contributed by atoms with Crippen molar-refractivity contribution in [3.8, 4) is 0 Å². The van der Waals surface area contributed by atoms with Crippen LogP contribution in [0.5, 0.6) is 0 Å². The number of nitrogens with two attached hydrogens (primary N) is 1. The lowest BCUT2D eigenvalue weighted by Crippen LogP contribution is -2.36. The van der Waals surface area contributed by atoms with E-state index in [-0.39, 0.29) is 16.9 Å². The van der Waals surface area contributed by atoms with Gasteiger partial charge in [-0.05, 0) is 31.4 Å². The van der Waals surface area contributed by atoms with E-state index in [2.05, 4.69) is 26.1 Å². The van der Waals surface area contributed by atoms with Gasteiger partial charge in [-0.3, -0.25) is 10.1 Å². The van der Waals surface area contributed by atoms with Crippen LogP contribution < -0.4 is 11.1 Å². The van der Waals surface area contributed by atoms with E-state index >= 15 is 0 Å². The number of nitrogens with zero attached hydrogens (tertiary/aromatic N) is 1. The largest absolute Gasteiger partial charge is 0.393 e. The van der Waals surface area contributed by atoms with Crippen LogP contribution in [0.25, 0.3) is 0 Å². The van der Waals surface area contributed by atoms with Gasteiger partial charge in [0.25, 0.3) is 0 Å². The highest BCUT2D eigenvalue weighted by Crippen LogP contribution is 2.35. The van der Waals surface area contributed by atoms with Crippen molar-refractivity contribution in [3.63, 3.8) is 0 Å². The molecule has 0 bridgehead atoms. The minimum absolute atomic E-state index is 0.0303. The van der Waals surface area contributed by atoms with Crippen LogP contribution in [0, 0.1) is 10.1 Å². The molecule has 0 heterocycles. The molecule has 0 unspecified atom stereocenters. The summed E-state index contributed by atoms with van der Waals surface area (Å²) in [5, 5.41) is 14.4. The first-order valence-electron chi connectivity index (χ1n) is 6.30. The fourth-order valence-corrected chi connectivity index (χ4v) is 2.17. The second kappa shape index (κ2) is 5.71. The lowest BCUT2D eigenvalue weighted by Gasteiger charge is -2.32. The number of nitro groups is 1. The number of nitro benzene ring substituents is 1. The molecule has 0 atom stereocenters. The number of hydrogen-bond acceptors (Lipinski definition) is 4. The van der Waals surface area contributed by atoms with E-state index in [0.717, 1.165) is 19.3 Å². The summed E-state index contributed by atoms with van der Waals surface area (Å²) in [6.07, 6.45) is 2.73. The maximum absolute atomic E-state index is 11.1. The van der Waals surface area contributed by atoms with E-state index in [1.165, 1.54) is 0 Å². The fraction of sp³-hybridized carbons (Fsp3) is 0.538. The standard InChI is InChI=1S/C13H21N3O2/c1-4-13(5-2,6-3)15-11-9-7-8-10(14)12(11)16(17)18/h7-9,15H,4-6,14H2,1-3H3. The normalized spacial score (nSPS) is 11.3. The molecule has 100 valence electrons. The quantitative estimate of drug-likeness (QED) is 0.460. The Morgan fingerprint density at radius 1 is 1.28 bits per heavy atom. The molecule has 0 aliphatic heterocycles. The molecule has 1 aromatic rings. The zero-order valence-electron chi connectivity index (χ0n) is 11.2. The van der Waals surface area contributed by atoms with Crippen molar-refractivity contribution in [1.82, 2.24) is 0 Å². The number of hydrogen-bond donors (Lipinski definition) is 2. The van der Waals surface area contributed by atoms with Gasteiger partial charge in [0.05, 0.1) is 4.92 Å². The minimum Gasteiger partial charge on any atom is -0.393 e. The van der Waals surface area contributed by atoms with Crippen molar-refractivity contribution in [2.75, 3.05) is 11.1 Å². The summed E-state index contributed by atoms with van der Waals surface area (Å²) in [7, 11) is 0. The van der Waals surface area contributed by atoms with E-state index in [1.54, 1.807) is 18.2 Å². The summed E-state index contributed by atoms with van der Waals surface area (Å²) in [6, 6.07) is 5.00. The highest BCUT2D eigenvalue weighted by Gasteiger charge is 2.27. The molecular formula is C13H21N3O2. The molecule has 0 aliphatic rings. The number of rotatable bonds is 6. The Bertz CT molecular complexity index is 420. The number of anilines is 2. The second-order valence-electron chi connectivity index (χ2n) is 4.47. The SMILES string of the molecule is CCC(CC)(CC)Nc1cccc(N)c1[N+](=O)[O-]. The number of benzene rings is 1. The first kappa shape index (κ1) is 14.3. The molecule has 5 nitrogen and oxygen atoms in total. The van der Waals surface area contributed by atoms with Gasteiger partial charge in [-0.1, -0.05) is 26.8 Å². The Balaban J connectivity index is 3.18. The monoisotopic (exact) mass is 251 g/mol. The van der Waals surface area contributed by atoms with E-state index in [1.807, 2.05) is 0 Å². The fourth-order valence-electron chi connectivity index (χ4n) is 2.17. The molecule has 1 aromatic carbocycles. The van der Waals surface area contributed by atoms with Crippen LogP contribution in [0.2, 0.25) is 0 Å². The van der Waals surface area contributed by atoms with Gasteiger partial charge in [0.15, 0.2) is 0 Å². The van der Waals surface area contributed by atoms with Crippen molar-refractivity contribution >= 4 is 17.1 Å². The van der Waals surface area contributed by atoms with Crippen LogP contribution in [0.4, 0.5) is 17.1 Å². The van der Waals surface area contributed by atoms with E-state index in [9.17, 15) is 10.1 Å². The number of nitrogens with one attached hydrogen (secondary N) is 1. The van der Waals surface area contributed by atoms with Gasteiger partial charge in [0.2, 0.25) is 0 Å². The zero-order valence-corrected chi connectivity index (χ0v) is 11.2. The van der Waals surface area contributed by atoms with Crippen molar-refractivity contribution in [2.24, 2.45) is 0 Å². The molecule has 0 saturated carbocycles. The van der Waals surface area contributed by atoms with Crippen molar-refractivity contribution in [1.29, 1.82) is 0 Å². The number of para-hydroxylation sites is 1. The van der Waals surface area contributed by atoms with Gasteiger partial charge in [0.1, 0.15) is 11.4 Å². The molecule has 0 fully saturated rings. The van der Waals surface area contributed by atoms with Crippen LogP contribution in [-0.2, 0) is 0 Å². The lowest BCUT2D eigenvalue weighted by atomic mass is 9.89. The molecule has 0 aromatic heterocycles. The maximum Gasteiger partial charge on any atom is 0.314 e. The summed E-state index contributed by atoms with van der Waals surface area (Å²) < 4.78 is 0. The van der Waals surface area contributed by atoms with Crippen molar-refractivity contribution in [3.05, 3.63) is 28.3 Å². The van der Waals surface area contributed by atoms with Crippen molar-refractivity contribution in [2.45, 2.75) is 45.6 Å². The molecule has 5 heteroatoms.